The van der Waals surface area contributed by atoms with Crippen molar-refractivity contribution in [2.45, 2.75) is 116 Å². The summed E-state index contributed by atoms with van der Waals surface area (Å²) in [4.78, 5) is 11.0. The molecule has 1 unspecified atom stereocenters. The third-order valence-corrected chi connectivity index (χ3v) is 6.89. The zero-order valence-corrected chi connectivity index (χ0v) is 18.6. The summed E-state index contributed by atoms with van der Waals surface area (Å²) in [6.45, 7) is 0. The van der Waals surface area contributed by atoms with Gasteiger partial charge in [-0.25, -0.2) is 0 Å². The highest BCUT2D eigenvalue weighted by Crippen LogP contribution is 2.37. The van der Waals surface area contributed by atoms with Crippen LogP contribution in [0.2, 0.25) is 0 Å². The van der Waals surface area contributed by atoms with E-state index < -0.39 is 5.97 Å². The summed E-state index contributed by atoms with van der Waals surface area (Å²) >= 11 is 0. The van der Waals surface area contributed by atoms with Crippen molar-refractivity contribution in [3.8, 4) is 0 Å². The Morgan fingerprint density at radius 3 is 1.79 bits per heavy atom. The van der Waals surface area contributed by atoms with Crippen LogP contribution in [0.5, 0.6) is 0 Å². The molecule has 1 aromatic rings. The number of aryl methyl sites for hydroxylation is 1. The van der Waals surface area contributed by atoms with E-state index >= 15 is 0 Å². The standard InChI is InChI=1S/C27H44O2/c28-27(29)23-26(25-21-16-22-25)20-15-10-8-6-4-2-1-3-5-7-9-12-17-24-18-13-11-14-19-24/h11,13-14,18-19,25-26H,1-10,12,15-17,20-23H2,(H,28,29). The van der Waals surface area contributed by atoms with Gasteiger partial charge in [0.25, 0.3) is 0 Å². The number of carboxylic acids is 1. The van der Waals surface area contributed by atoms with E-state index in [9.17, 15) is 4.79 Å². The molecule has 0 spiro atoms. The summed E-state index contributed by atoms with van der Waals surface area (Å²) in [5.74, 6) is 0.566. The van der Waals surface area contributed by atoms with Crippen molar-refractivity contribution in [1.29, 1.82) is 0 Å². The first-order valence-electron chi connectivity index (χ1n) is 12.5. The monoisotopic (exact) mass is 400 g/mol. The summed E-state index contributed by atoms with van der Waals surface area (Å²) in [6.07, 6.45) is 23.0. The molecule has 2 heteroatoms. The summed E-state index contributed by atoms with van der Waals surface area (Å²) in [6, 6.07) is 10.9. The van der Waals surface area contributed by atoms with Crippen LogP contribution in [0, 0.1) is 11.8 Å². The molecule has 0 saturated heterocycles. The van der Waals surface area contributed by atoms with Gasteiger partial charge in [0.2, 0.25) is 0 Å². The lowest BCUT2D eigenvalue weighted by molar-refractivity contribution is -0.139. The number of hydrogen-bond donors (Lipinski definition) is 1. The lowest BCUT2D eigenvalue weighted by Gasteiger charge is -2.33. The molecule has 0 aliphatic heterocycles. The minimum absolute atomic E-state index is 0.400. The normalized spacial score (nSPS) is 15.2. The van der Waals surface area contributed by atoms with Gasteiger partial charge in [-0.15, -0.1) is 0 Å². The fraction of sp³-hybridized carbons (Fsp3) is 0.741. The van der Waals surface area contributed by atoms with E-state index in [1.54, 1.807) is 0 Å². The Morgan fingerprint density at radius 1 is 0.793 bits per heavy atom. The number of unbranched alkanes of at least 4 members (excludes halogenated alkanes) is 11. The minimum Gasteiger partial charge on any atom is -0.481 e. The highest BCUT2D eigenvalue weighted by atomic mass is 16.4. The van der Waals surface area contributed by atoms with Crippen LogP contribution in [0.25, 0.3) is 0 Å². The van der Waals surface area contributed by atoms with Gasteiger partial charge in [0.1, 0.15) is 0 Å². The SMILES string of the molecule is O=C(O)CC(CCCCCCCCCCCCCCc1ccccc1)C1CCC1. The predicted molar refractivity (Wildman–Crippen MR) is 123 cm³/mol. The molecular weight excluding hydrogens is 356 g/mol. The summed E-state index contributed by atoms with van der Waals surface area (Å²) in [5, 5.41) is 9.10. The van der Waals surface area contributed by atoms with Crippen LogP contribution in [0.3, 0.4) is 0 Å². The minimum atomic E-state index is -0.599. The topological polar surface area (TPSA) is 37.3 Å². The number of benzene rings is 1. The molecule has 1 fully saturated rings. The fourth-order valence-corrected chi connectivity index (χ4v) is 4.79. The molecule has 2 nitrogen and oxygen atoms in total. The Balaban J connectivity index is 1.31. The average molecular weight is 401 g/mol. The number of aliphatic carboxylic acids is 1. The fourth-order valence-electron chi connectivity index (χ4n) is 4.79. The van der Waals surface area contributed by atoms with Gasteiger partial charge in [-0.05, 0) is 36.7 Å². The van der Waals surface area contributed by atoms with Crippen molar-refractivity contribution < 1.29 is 9.90 Å². The smallest absolute Gasteiger partial charge is 0.303 e. The molecule has 0 bridgehead atoms. The molecule has 1 aliphatic carbocycles. The molecule has 1 saturated carbocycles. The first-order valence-corrected chi connectivity index (χ1v) is 12.5. The van der Waals surface area contributed by atoms with Crippen molar-refractivity contribution in [1.82, 2.24) is 0 Å². The molecular formula is C27H44O2. The number of carboxylic acid groups (broad SMARTS) is 1. The third-order valence-electron chi connectivity index (χ3n) is 6.89. The third kappa shape index (κ3) is 11.5. The highest BCUT2D eigenvalue weighted by Gasteiger charge is 2.28. The average Bonchev–Trinajstić information content (AvgIpc) is 2.67. The Hall–Kier alpha value is -1.31. The first kappa shape index (κ1) is 24.0. The van der Waals surface area contributed by atoms with Crippen LogP contribution in [0.1, 0.15) is 115 Å². The number of rotatable bonds is 18. The molecule has 0 aromatic heterocycles. The van der Waals surface area contributed by atoms with Crippen LogP contribution in [-0.2, 0) is 11.2 Å². The predicted octanol–water partition coefficient (Wildman–Crippen LogP) is 8.19. The zero-order valence-electron chi connectivity index (χ0n) is 18.6. The quantitative estimate of drug-likeness (QED) is 0.252. The molecule has 164 valence electrons. The van der Waals surface area contributed by atoms with Crippen molar-refractivity contribution in [3.63, 3.8) is 0 Å². The van der Waals surface area contributed by atoms with E-state index in [0.29, 0.717) is 18.3 Å². The van der Waals surface area contributed by atoms with Crippen molar-refractivity contribution >= 4 is 5.97 Å². The van der Waals surface area contributed by atoms with Gasteiger partial charge in [-0.3, -0.25) is 4.79 Å². The molecule has 29 heavy (non-hydrogen) atoms. The molecule has 1 atom stereocenters. The van der Waals surface area contributed by atoms with Gasteiger partial charge in [-0.1, -0.05) is 120 Å². The van der Waals surface area contributed by atoms with E-state index in [2.05, 4.69) is 30.3 Å². The van der Waals surface area contributed by atoms with Crippen LogP contribution in [0.15, 0.2) is 30.3 Å². The Bertz CT molecular complexity index is 521. The molecule has 0 heterocycles. The summed E-state index contributed by atoms with van der Waals surface area (Å²) in [7, 11) is 0. The van der Waals surface area contributed by atoms with E-state index in [1.165, 1.54) is 108 Å². The maximum Gasteiger partial charge on any atom is 0.303 e. The second-order valence-electron chi connectivity index (χ2n) is 9.32. The van der Waals surface area contributed by atoms with E-state index in [1.807, 2.05) is 0 Å². The van der Waals surface area contributed by atoms with Crippen LogP contribution in [-0.4, -0.2) is 11.1 Å². The Labute approximate surface area is 179 Å². The van der Waals surface area contributed by atoms with Gasteiger partial charge < -0.3 is 5.11 Å². The van der Waals surface area contributed by atoms with Crippen LogP contribution >= 0.6 is 0 Å². The van der Waals surface area contributed by atoms with Crippen molar-refractivity contribution in [2.24, 2.45) is 11.8 Å². The number of carbonyl (C=O) groups is 1. The zero-order chi connectivity index (χ0) is 20.6. The Morgan fingerprint density at radius 2 is 1.31 bits per heavy atom. The largest absolute Gasteiger partial charge is 0.481 e. The van der Waals surface area contributed by atoms with Crippen LogP contribution in [0.4, 0.5) is 0 Å². The molecule has 2 rings (SSSR count). The second-order valence-corrected chi connectivity index (χ2v) is 9.32. The molecule has 1 aliphatic rings. The maximum atomic E-state index is 11.0. The van der Waals surface area contributed by atoms with Gasteiger partial charge in [0, 0.05) is 6.42 Å². The summed E-state index contributed by atoms with van der Waals surface area (Å²) in [5.41, 5.74) is 1.48. The maximum absolute atomic E-state index is 11.0. The lowest BCUT2D eigenvalue weighted by atomic mass is 9.72. The first-order chi connectivity index (χ1) is 14.3. The van der Waals surface area contributed by atoms with Gasteiger partial charge in [-0.2, -0.15) is 0 Å². The lowest BCUT2D eigenvalue weighted by Crippen LogP contribution is -2.24. The van der Waals surface area contributed by atoms with E-state index in [4.69, 9.17) is 5.11 Å². The molecule has 0 radical (unpaired) electrons. The van der Waals surface area contributed by atoms with E-state index in [0.717, 1.165) is 6.42 Å². The van der Waals surface area contributed by atoms with E-state index in [-0.39, 0.29) is 0 Å². The Kier molecular flexibility index (Phi) is 12.8. The van der Waals surface area contributed by atoms with Crippen molar-refractivity contribution in [3.05, 3.63) is 35.9 Å². The number of hydrogen-bond acceptors (Lipinski definition) is 1. The van der Waals surface area contributed by atoms with Gasteiger partial charge in [0.15, 0.2) is 0 Å². The highest BCUT2D eigenvalue weighted by molar-refractivity contribution is 5.67. The molecule has 1 N–H and O–H groups in total. The molecule has 0 amide bonds. The summed E-state index contributed by atoms with van der Waals surface area (Å²) < 4.78 is 0. The van der Waals surface area contributed by atoms with Gasteiger partial charge >= 0.3 is 5.97 Å². The van der Waals surface area contributed by atoms with Crippen molar-refractivity contribution in [2.75, 3.05) is 0 Å². The van der Waals surface area contributed by atoms with Gasteiger partial charge in [0.05, 0.1) is 0 Å². The molecule has 1 aromatic carbocycles. The van der Waals surface area contributed by atoms with Crippen LogP contribution < -0.4 is 0 Å². The second kappa shape index (κ2) is 15.5.